The first-order chi connectivity index (χ1) is 10.3. The van der Waals surface area contributed by atoms with Crippen molar-refractivity contribution in [1.29, 1.82) is 0 Å². The summed E-state index contributed by atoms with van der Waals surface area (Å²) in [4.78, 5) is 29.4. The van der Waals surface area contributed by atoms with Crippen LogP contribution in [0, 0.1) is 0 Å². The van der Waals surface area contributed by atoms with Gasteiger partial charge in [-0.15, -0.1) is 0 Å². The largest absolute Gasteiger partial charge is 0.351 e. The molecule has 1 aliphatic heterocycles. The van der Waals surface area contributed by atoms with Gasteiger partial charge >= 0.3 is 0 Å². The van der Waals surface area contributed by atoms with E-state index in [1.165, 1.54) is 0 Å². The Morgan fingerprint density at radius 2 is 2.38 bits per heavy atom. The normalized spacial score (nSPS) is 14.9. The number of hydrogen-bond donors (Lipinski definition) is 2. The van der Waals surface area contributed by atoms with Gasteiger partial charge in [0.25, 0.3) is 5.91 Å². The number of aromatic amines is 1. The van der Waals surface area contributed by atoms with Crippen LogP contribution in [-0.2, 0) is 4.79 Å². The van der Waals surface area contributed by atoms with E-state index in [0.717, 1.165) is 24.9 Å². The first-order valence-corrected chi connectivity index (χ1v) is 7.10. The van der Waals surface area contributed by atoms with Crippen molar-refractivity contribution in [2.75, 3.05) is 19.6 Å². The van der Waals surface area contributed by atoms with Crippen LogP contribution in [0.3, 0.4) is 0 Å². The van der Waals surface area contributed by atoms with Crippen LogP contribution in [0.4, 0.5) is 0 Å². The van der Waals surface area contributed by atoms with E-state index in [-0.39, 0.29) is 11.8 Å². The number of H-pyrrole nitrogens is 1. The molecule has 2 aromatic heterocycles. The molecule has 3 rings (SSSR count). The molecule has 1 aliphatic rings. The van der Waals surface area contributed by atoms with Gasteiger partial charge in [-0.05, 0) is 18.9 Å². The average molecular weight is 287 g/mol. The van der Waals surface area contributed by atoms with Gasteiger partial charge in [-0.1, -0.05) is 0 Å². The molecule has 2 amide bonds. The minimum atomic E-state index is -0.220. The van der Waals surface area contributed by atoms with Gasteiger partial charge in [-0.3, -0.25) is 19.7 Å². The van der Waals surface area contributed by atoms with Gasteiger partial charge in [0.1, 0.15) is 0 Å². The zero-order valence-corrected chi connectivity index (χ0v) is 11.6. The zero-order chi connectivity index (χ0) is 14.7. The molecule has 0 atom stereocenters. The number of fused-ring (bicyclic) bond motifs is 1. The van der Waals surface area contributed by atoms with Crippen LogP contribution in [0.1, 0.15) is 29.8 Å². The third-order valence-electron chi connectivity index (χ3n) is 3.64. The number of carbonyl (C=O) groups excluding carboxylic acids is 2. The number of hydrogen-bond acceptors (Lipinski definition) is 4. The maximum Gasteiger partial charge on any atom is 0.272 e. The lowest BCUT2D eigenvalue weighted by molar-refractivity contribution is -0.127. The Balaban J connectivity index is 1.51. The number of pyridine rings is 1. The van der Waals surface area contributed by atoms with E-state index in [1.54, 1.807) is 18.5 Å². The molecule has 0 aromatic carbocycles. The maximum absolute atomic E-state index is 12.1. The average Bonchev–Trinajstić information content (AvgIpc) is 3.10. The molecule has 1 fully saturated rings. The van der Waals surface area contributed by atoms with Gasteiger partial charge in [0.2, 0.25) is 5.91 Å². The van der Waals surface area contributed by atoms with E-state index in [2.05, 4.69) is 20.5 Å². The van der Waals surface area contributed by atoms with Crippen molar-refractivity contribution >= 4 is 22.7 Å². The monoisotopic (exact) mass is 287 g/mol. The van der Waals surface area contributed by atoms with Crippen LogP contribution in [0.25, 0.3) is 10.9 Å². The molecule has 0 spiro atoms. The van der Waals surface area contributed by atoms with Crippen LogP contribution in [0.5, 0.6) is 0 Å². The molecule has 0 saturated carbocycles. The van der Waals surface area contributed by atoms with Crippen molar-refractivity contribution in [3.63, 3.8) is 0 Å². The molecule has 1 saturated heterocycles. The summed E-state index contributed by atoms with van der Waals surface area (Å²) >= 11 is 0. The Morgan fingerprint density at radius 1 is 1.48 bits per heavy atom. The van der Waals surface area contributed by atoms with E-state index in [0.29, 0.717) is 30.6 Å². The van der Waals surface area contributed by atoms with Crippen molar-refractivity contribution in [3.05, 3.63) is 24.2 Å². The van der Waals surface area contributed by atoms with Crippen molar-refractivity contribution in [2.24, 2.45) is 0 Å². The molecule has 0 radical (unpaired) electrons. The van der Waals surface area contributed by atoms with Gasteiger partial charge in [0.15, 0.2) is 5.69 Å². The van der Waals surface area contributed by atoms with E-state index in [4.69, 9.17) is 0 Å². The second-order valence-corrected chi connectivity index (χ2v) is 5.09. The Bertz CT molecular complexity index is 666. The molecule has 2 N–H and O–H groups in total. The molecule has 21 heavy (non-hydrogen) atoms. The summed E-state index contributed by atoms with van der Waals surface area (Å²) in [6.45, 7) is 2.06. The number of carbonyl (C=O) groups is 2. The summed E-state index contributed by atoms with van der Waals surface area (Å²) in [5, 5.41) is 10.4. The lowest BCUT2D eigenvalue weighted by Gasteiger charge is -2.15. The molecule has 0 aliphatic carbocycles. The van der Waals surface area contributed by atoms with Crippen molar-refractivity contribution in [1.82, 2.24) is 25.4 Å². The quantitative estimate of drug-likeness (QED) is 0.792. The van der Waals surface area contributed by atoms with E-state index >= 15 is 0 Å². The number of nitrogens with one attached hydrogen (secondary N) is 2. The van der Waals surface area contributed by atoms with E-state index in [1.807, 2.05) is 4.90 Å². The van der Waals surface area contributed by atoms with Gasteiger partial charge in [-0.25, -0.2) is 0 Å². The number of nitrogens with zero attached hydrogens (tertiary/aromatic N) is 3. The number of rotatable bonds is 5. The molecule has 7 heteroatoms. The van der Waals surface area contributed by atoms with Crippen molar-refractivity contribution in [3.8, 4) is 0 Å². The summed E-state index contributed by atoms with van der Waals surface area (Å²) in [6, 6.07) is 1.78. The summed E-state index contributed by atoms with van der Waals surface area (Å²) in [5.41, 5.74) is 1.15. The van der Waals surface area contributed by atoms with Crippen LogP contribution in [0.2, 0.25) is 0 Å². The fraction of sp³-hybridized carbons (Fsp3) is 0.429. The maximum atomic E-state index is 12.1. The predicted molar refractivity (Wildman–Crippen MR) is 76.7 cm³/mol. The van der Waals surface area contributed by atoms with E-state index < -0.39 is 0 Å². The standard InChI is InChI=1S/C14H17N5O2/c20-12-3-1-7-19(12)8-2-5-16-14(21)13-10-9-15-6-4-11(10)17-18-13/h4,6,9H,1-3,5,7-8H2,(H,16,21)(H,17,18). The summed E-state index contributed by atoms with van der Waals surface area (Å²) in [5.74, 6) is -0.00676. The topological polar surface area (TPSA) is 91.0 Å². The highest BCUT2D eigenvalue weighted by molar-refractivity contribution is 6.04. The predicted octanol–water partition coefficient (Wildman–Crippen LogP) is 0.700. The Labute approximate surface area is 121 Å². The molecule has 0 unspecified atom stereocenters. The Kier molecular flexibility index (Phi) is 3.81. The lowest BCUT2D eigenvalue weighted by atomic mass is 10.2. The van der Waals surface area contributed by atoms with Crippen LogP contribution < -0.4 is 5.32 Å². The fourth-order valence-corrected chi connectivity index (χ4v) is 2.53. The molecule has 2 aromatic rings. The second kappa shape index (κ2) is 5.90. The molecule has 7 nitrogen and oxygen atoms in total. The van der Waals surface area contributed by atoms with Gasteiger partial charge < -0.3 is 10.2 Å². The highest BCUT2D eigenvalue weighted by Gasteiger charge is 2.19. The number of aromatic nitrogens is 3. The summed E-state index contributed by atoms with van der Waals surface area (Å²) in [7, 11) is 0. The van der Waals surface area contributed by atoms with Crippen molar-refractivity contribution in [2.45, 2.75) is 19.3 Å². The van der Waals surface area contributed by atoms with Gasteiger partial charge in [-0.2, -0.15) is 5.10 Å². The number of likely N-dealkylation sites (tertiary alicyclic amines) is 1. The minimum Gasteiger partial charge on any atom is -0.351 e. The fourth-order valence-electron chi connectivity index (χ4n) is 2.53. The molecule has 110 valence electrons. The lowest BCUT2D eigenvalue weighted by Crippen LogP contribution is -2.30. The Morgan fingerprint density at radius 3 is 3.19 bits per heavy atom. The van der Waals surface area contributed by atoms with Crippen LogP contribution in [-0.4, -0.2) is 51.5 Å². The third-order valence-corrected chi connectivity index (χ3v) is 3.64. The molecular weight excluding hydrogens is 270 g/mol. The molecule has 3 heterocycles. The van der Waals surface area contributed by atoms with Crippen LogP contribution >= 0.6 is 0 Å². The first-order valence-electron chi connectivity index (χ1n) is 7.10. The SMILES string of the molecule is O=C(NCCCN1CCCC1=O)c1n[nH]c2ccncc12. The highest BCUT2D eigenvalue weighted by atomic mass is 16.2. The third kappa shape index (κ3) is 2.86. The molecule has 0 bridgehead atoms. The highest BCUT2D eigenvalue weighted by Crippen LogP contribution is 2.13. The smallest absolute Gasteiger partial charge is 0.272 e. The Hall–Kier alpha value is -2.44. The zero-order valence-electron chi connectivity index (χ0n) is 11.6. The summed E-state index contributed by atoms with van der Waals surface area (Å²) in [6.07, 6.45) is 5.61. The van der Waals surface area contributed by atoms with Gasteiger partial charge in [0.05, 0.1) is 10.9 Å². The summed E-state index contributed by atoms with van der Waals surface area (Å²) < 4.78 is 0. The first kappa shape index (κ1) is 13.5. The van der Waals surface area contributed by atoms with Crippen LogP contribution in [0.15, 0.2) is 18.5 Å². The van der Waals surface area contributed by atoms with Crippen molar-refractivity contribution < 1.29 is 9.59 Å². The van der Waals surface area contributed by atoms with Gasteiger partial charge in [0, 0.05) is 38.4 Å². The minimum absolute atomic E-state index is 0.214. The van der Waals surface area contributed by atoms with E-state index in [9.17, 15) is 9.59 Å². The number of amides is 2. The second-order valence-electron chi connectivity index (χ2n) is 5.09. The molecular formula is C14H17N5O2.